The average molecular weight is 332 g/mol. The van der Waals surface area contributed by atoms with Gasteiger partial charge in [-0.2, -0.15) is 0 Å². The Balaban J connectivity index is 1.90. The molecule has 0 radical (unpaired) electrons. The van der Waals surface area contributed by atoms with Crippen LogP contribution in [0.3, 0.4) is 0 Å². The lowest BCUT2D eigenvalue weighted by molar-refractivity contribution is 0.251. The van der Waals surface area contributed by atoms with Crippen molar-refractivity contribution in [2.45, 2.75) is 13.5 Å². The fraction of sp³-hybridized carbons (Fsp3) is 0.312. The number of anilines is 1. The summed E-state index contributed by atoms with van der Waals surface area (Å²) < 4.78 is 11.7. The molecule has 2 aromatic rings. The number of rotatable bonds is 6. The van der Waals surface area contributed by atoms with Crippen molar-refractivity contribution in [3.8, 4) is 11.5 Å². The van der Waals surface area contributed by atoms with Crippen molar-refractivity contribution >= 4 is 11.7 Å². The largest absolute Gasteiger partial charge is 0.497 e. The normalized spacial score (nSPS) is 10.1. The first-order chi connectivity index (χ1) is 11.5. The summed E-state index contributed by atoms with van der Waals surface area (Å²) in [5.74, 6) is 1.14. The van der Waals surface area contributed by atoms with Crippen LogP contribution in [0.2, 0.25) is 0 Å². The molecule has 2 N–H and O–H groups in total. The summed E-state index contributed by atoms with van der Waals surface area (Å²) in [6.45, 7) is 2.37. The monoisotopic (exact) mass is 332 g/mol. The molecule has 0 fully saturated rings. The van der Waals surface area contributed by atoms with Crippen LogP contribution in [0.5, 0.6) is 11.5 Å². The van der Waals surface area contributed by atoms with Crippen molar-refractivity contribution in [3.05, 3.63) is 46.6 Å². The summed E-state index contributed by atoms with van der Waals surface area (Å²) in [6, 6.07) is 6.12. The molecule has 8 heteroatoms. The minimum atomic E-state index is -0.390. The zero-order valence-corrected chi connectivity index (χ0v) is 13.8. The molecule has 0 aliphatic rings. The number of aryl methyl sites for hydroxylation is 1. The minimum Gasteiger partial charge on any atom is -0.497 e. The zero-order valence-electron chi connectivity index (χ0n) is 13.8. The third-order valence-corrected chi connectivity index (χ3v) is 3.26. The van der Waals surface area contributed by atoms with Crippen LogP contribution in [0.15, 0.2) is 35.4 Å². The number of carbonyl (C=O) groups is 1. The number of nitrogens with zero attached hydrogens (tertiary/aromatic N) is 2. The third-order valence-electron chi connectivity index (χ3n) is 3.26. The fourth-order valence-electron chi connectivity index (χ4n) is 2.03. The van der Waals surface area contributed by atoms with E-state index in [-0.39, 0.29) is 12.1 Å². The van der Waals surface area contributed by atoms with E-state index in [2.05, 4.69) is 15.6 Å². The number of hydrogen-bond acceptors (Lipinski definition) is 5. The SMILES string of the molecule is COc1cc(NC(=O)NCCn2cnc(C)cc2=O)cc(OC)c1. The first kappa shape index (κ1) is 17.3. The number of aromatic nitrogens is 2. The Morgan fingerprint density at radius 2 is 1.83 bits per heavy atom. The van der Waals surface area contributed by atoms with Gasteiger partial charge >= 0.3 is 6.03 Å². The Hall–Kier alpha value is -3.03. The maximum absolute atomic E-state index is 11.9. The fourth-order valence-corrected chi connectivity index (χ4v) is 2.03. The van der Waals surface area contributed by atoms with E-state index in [9.17, 15) is 9.59 Å². The smallest absolute Gasteiger partial charge is 0.319 e. The Labute approximate surface area is 139 Å². The lowest BCUT2D eigenvalue weighted by Gasteiger charge is -2.11. The number of benzene rings is 1. The van der Waals surface area contributed by atoms with Gasteiger partial charge in [-0.1, -0.05) is 0 Å². The molecule has 0 unspecified atom stereocenters. The van der Waals surface area contributed by atoms with Crippen molar-refractivity contribution in [1.82, 2.24) is 14.9 Å². The lowest BCUT2D eigenvalue weighted by atomic mass is 10.3. The van der Waals surface area contributed by atoms with Gasteiger partial charge in [0, 0.05) is 48.7 Å². The number of methoxy groups -OCH3 is 2. The molecule has 128 valence electrons. The van der Waals surface area contributed by atoms with E-state index >= 15 is 0 Å². The van der Waals surface area contributed by atoms with Crippen molar-refractivity contribution in [2.75, 3.05) is 26.1 Å². The number of urea groups is 1. The van der Waals surface area contributed by atoms with Gasteiger partial charge in [-0.05, 0) is 6.92 Å². The number of amides is 2. The van der Waals surface area contributed by atoms with Gasteiger partial charge in [-0.25, -0.2) is 9.78 Å². The first-order valence-corrected chi connectivity index (χ1v) is 7.33. The highest BCUT2D eigenvalue weighted by Crippen LogP contribution is 2.25. The van der Waals surface area contributed by atoms with Gasteiger partial charge in [0.1, 0.15) is 11.5 Å². The third kappa shape index (κ3) is 4.73. The van der Waals surface area contributed by atoms with E-state index in [1.807, 2.05) is 0 Å². The van der Waals surface area contributed by atoms with Crippen molar-refractivity contribution in [1.29, 1.82) is 0 Å². The molecule has 0 spiro atoms. The maximum Gasteiger partial charge on any atom is 0.319 e. The molecular weight excluding hydrogens is 312 g/mol. The molecule has 0 saturated carbocycles. The quantitative estimate of drug-likeness (QED) is 0.833. The second-order valence-electron chi connectivity index (χ2n) is 5.04. The molecule has 0 aliphatic heterocycles. The van der Waals surface area contributed by atoms with Gasteiger partial charge < -0.3 is 20.1 Å². The molecule has 1 aromatic carbocycles. The van der Waals surface area contributed by atoms with E-state index in [1.54, 1.807) is 25.1 Å². The molecule has 8 nitrogen and oxygen atoms in total. The second kappa shape index (κ2) is 8.00. The van der Waals surface area contributed by atoms with Crippen LogP contribution in [-0.2, 0) is 6.54 Å². The second-order valence-corrected chi connectivity index (χ2v) is 5.04. The predicted octanol–water partition coefficient (Wildman–Crippen LogP) is 1.39. The van der Waals surface area contributed by atoms with E-state index < -0.39 is 6.03 Å². The Morgan fingerprint density at radius 1 is 1.17 bits per heavy atom. The van der Waals surface area contributed by atoms with E-state index in [0.717, 1.165) is 0 Å². The van der Waals surface area contributed by atoms with E-state index in [4.69, 9.17) is 9.47 Å². The highest BCUT2D eigenvalue weighted by molar-refractivity contribution is 5.89. The summed E-state index contributed by atoms with van der Waals surface area (Å²) in [7, 11) is 3.07. The van der Waals surface area contributed by atoms with Crippen LogP contribution >= 0.6 is 0 Å². The summed E-state index contributed by atoms with van der Waals surface area (Å²) in [5, 5.41) is 5.37. The molecular formula is C16H20N4O4. The maximum atomic E-state index is 11.9. The number of ether oxygens (including phenoxy) is 2. The van der Waals surface area contributed by atoms with Crippen molar-refractivity contribution < 1.29 is 14.3 Å². The summed E-state index contributed by atoms with van der Waals surface area (Å²) >= 11 is 0. The van der Waals surface area contributed by atoms with Gasteiger partial charge in [0.25, 0.3) is 5.56 Å². The van der Waals surface area contributed by atoms with Crippen LogP contribution < -0.4 is 25.7 Å². The standard InChI is InChI=1S/C16H20N4O4/c1-11-6-15(21)20(10-18-11)5-4-17-16(22)19-12-7-13(23-2)9-14(8-12)24-3/h6-10H,4-5H2,1-3H3,(H2,17,19,22). The highest BCUT2D eigenvalue weighted by atomic mass is 16.5. The molecule has 0 bridgehead atoms. The van der Waals surface area contributed by atoms with Gasteiger partial charge in [-0.15, -0.1) is 0 Å². The van der Waals surface area contributed by atoms with Gasteiger partial charge in [0.05, 0.1) is 20.5 Å². The Kier molecular flexibility index (Phi) is 5.78. The van der Waals surface area contributed by atoms with Crippen LogP contribution in [-0.4, -0.2) is 36.3 Å². The van der Waals surface area contributed by atoms with Crippen LogP contribution in [0.4, 0.5) is 10.5 Å². The Morgan fingerprint density at radius 3 is 2.42 bits per heavy atom. The average Bonchev–Trinajstić information content (AvgIpc) is 2.56. The number of hydrogen-bond donors (Lipinski definition) is 2. The molecule has 1 aromatic heterocycles. The summed E-state index contributed by atoms with van der Waals surface area (Å²) in [4.78, 5) is 27.7. The minimum absolute atomic E-state index is 0.151. The van der Waals surface area contributed by atoms with Gasteiger partial charge in [-0.3, -0.25) is 9.36 Å². The van der Waals surface area contributed by atoms with Crippen molar-refractivity contribution in [2.24, 2.45) is 0 Å². The Bertz CT molecular complexity index is 751. The van der Waals surface area contributed by atoms with Crippen LogP contribution in [0.1, 0.15) is 5.69 Å². The highest BCUT2D eigenvalue weighted by Gasteiger charge is 2.06. The van der Waals surface area contributed by atoms with E-state index in [1.165, 1.54) is 31.2 Å². The van der Waals surface area contributed by atoms with Crippen LogP contribution in [0, 0.1) is 6.92 Å². The topological polar surface area (TPSA) is 94.5 Å². The number of nitrogens with one attached hydrogen (secondary N) is 2. The van der Waals surface area contributed by atoms with Crippen molar-refractivity contribution in [3.63, 3.8) is 0 Å². The summed E-state index contributed by atoms with van der Waals surface area (Å²) in [5.41, 5.74) is 1.05. The molecule has 2 amide bonds. The molecule has 24 heavy (non-hydrogen) atoms. The van der Waals surface area contributed by atoms with Gasteiger partial charge in [0.15, 0.2) is 0 Å². The van der Waals surface area contributed by atoms with E-state index in [0.29, 0.717) is 29.4 Å². The molecule has 1 heterocycles. The molecule has 0 atom stereocenters. The number of carbonyl (C=O) groups excluding carboxylic acids is 1. The first-order valence-electron chi connectivity index (χ1n) is 7.33. The van der Waals surface area contributed by atoms with Crippen LogP contribution in [0.25, 0.3) is 0 Å². The predicted molar refractivity (Wildman–Crippen MR) is 89.8 cm³/mol. The molecule has 0 aliphatic carbocycles. The zero-order chi connectivity index (χ0) is 17.5. The molecule has 0 saturated heterocycles. The molecule has 2 rings (SSSR count). The lowest BCUT2D eigenvalue weighted by Crippen LogP contribution is -2.33. The van der Waals surface area contributed by atoms with Gasteiger partial charge in [0.2, 0.25) is 0 Å². The summed E-state index contributed by atoms with van der Waals surface area (Å²) in [6.07, 6.45) is 1.46.